The van der Waals surface area contributed by atoms with Crippen molar-refractivity contribution in [2.24, 2.45) is 0 Å². The topological polar surface area (TPSA) is 64.3 Å². The number of nitrogen functional groups attached to an aromatic ring is 1. The lowest BCUT2D eigenvalue weighted by atomic mass is 10.2. The Morgan fingerprint density at radius 2 is 2.24 bits per heavy atom. The summed E-state index contributed by atoms with van der Waals surface area (Å²) in [6.07, 6.45) is 2.05. The van der Waals surface area contributed by atoms with E-state index in [1.165, 1.54) is 0 Å². The highest BCUT2D eigenvalue weighted by Crippen LogP contribution is 2.24. The molecule has 0 saturated heterocycles. The maximum Gasteiger partial charge on any atom is 0.257 e. The zero-order valence-electron chi connectivity index (χ0n) is 10.5. The van der Waals surface area contributed by atoms with E-state index < -0.39 is 0 Å². The van der Waals surface area contributed by atoms with Crippen LogP contribution in [0.2, 0.25) is 0 Å². The number of nitrogens with one attached hydrogen (secondary N) is 1. The zero-order chi connectivity index (χ0) is 12.7. The van der Waals surface area contributed by atoms with Gasteiger partial charge in [-0.1, -0.05) is 25.5 Å². The van der Waals surface area contributed by atoms with Gasteiger partial charge in [-0.15, -0.1) is 0 Å². The molecule has 4 nitrogen and oxygen atoms in total. The van der Waals surface area contributed by atoms with Crippen LogP contribution < -0.4 is 15.8 Å². The molecular weight excluding hydrogens is 216 g/mol. The zero-order valence-corrected chi connectivity index (χ0v) is 10.5. The van der Waals surface area contributed by atoms with Crippen molar-refractivity contribution in [3.63, 3.8) is 0 Å². The minimum absolute atomic E-state index is 0.0127. The molecule has 0 aliphatic heterocycles. The molecule has 4 heteroatoms. The summed E-state index contributed by atoms with van der Waals surface area (Å²) in [5.74, 6) is 0.485. The molecule has 0 heterocycles. The van der Waals surface area contributed by atoms with Crippen molar-refractivity contribution in [1.82, 2.24) is 5.32 Å². The molecule has 0 bridgehead atoms. The van der Waals surface area contributed by atoms with Crippen LogP contribution in [0, 0.1) is 6.92 Å². The summed E-state index contributed by atoms with van der Waals surface area (Å²) in [4.78, 5) is 11.4. The Labute approximate surface area is 102 Å². The van der Waals surface area contributed by atoms with E-state index in [9.17, 15) is 4.79 Å². The van der Waals surface area contributed by atoms with E-state index >= 15 is 0 Å². The Kier molecular flexibility index (Phi) is 5.33. The van der Waals surface area contributed by atoms with Crippen molar-refractivity contribution in [3.05, 3.63) is 23.8 Å². The number of aryl methyl sites for hydroxylation is 1. The third-order valence-electron chi connectivity index (χ3n) is 2.44. The second-order valence-corrected chi connectivity index (χ2v) is 3.99. The monoisotopic (exact) mass is 236 g/mol. The van der Waals surface area contributed by atoms with Gasteiger partial charge in [0.05, 0.1) is 5.69 Å². The quantitative estimate of drug-likeness (QED) is 0.585. The maximum absolute atomic E-state index is 11.4. The Bertz CT molecular complexity index is 357. The van der Waals surface area contributed by atoms with Crippen molar-refractivity contribution in [3.8, 4) is 5.75 Å². The van der Waals surface area contributed by atoms with Gasteiger partial charge in [0.15, 0.2) is 6.61 Å². The lowest BCUT2D eigenvalue weighted by Gasteiger charge is -2.11. The molecule has 0 atom stereocenters. The SMILES string of the molecule is CCCCNC(=O)COc1c(C)cccc1N. The lowest BCUT2D eigenvalue weighted by Crippen LogP contribution is -2.29. The van der Waals surface area contributed by atoms with E-state index in [4.69, 9.17) is 10.5 Å². The van der Waals surface area contributed by atoms with Crippen LogP contribution in [0.15, 0.2) is 18.2 Å². The molecule has 0 fully saturated rings. The van der Waals surface area contributed by atoms with Crippen molar-refractivity contribution >= 4 is 11.6 Å². The maximum atomic E-state index is 11.4. The van der Waals surface area contributed by atoms with Crippen LogP contribution in [0.4, 0.5) is 5.69 Å². The van der Waals surface area contributed by atoms with Crippen molar-refractivity contribution in [2.45, 2.75) is 26.7 Å². The fourth-order valence-corrected chi connectivity index (χ4v) is 1.47. The second kappa shape index (κ2) is 6.78. The molecule has 1 rings (SSSR count). The minimum Gasteiger partial charge on any atom is -0.481 e. The highest BCUT2D eigenvalue weighted by molar-refractivity contribution is 5.77. The van der Waals surface area contributed by atoms with Crippen LogP contribution in [-0.2, 0) is 4.79 Å². The van der Waals surface area contributed by atoms with Gasteiger partial charge < -0.3 is 15.8 Å². The fraction of sp³-hybridized carbons (Fsp3) is 0.462. The number of hydrogen-bond donors (Lipinski definition) is 2. The molecule has 17 heavy (non-hydrogen) atoms. The normalized spacial score (nSPS) is 10.0. The molecule has 3 N–H and O–H groups in total. The molecule has 0 aliphatic rings. The summed E-state index contributed by atoms with van der Waals surface area (Å²) in [6, 6.07) is 5.52. The summed E-state index contributed by atoms with van der Waals surface area (Å²) in [7, 11) is 0. The number of amides is 1. The second-order valence-electron chi connectivity index (χ2n) is 3.99. The van der Waals surface area contributed by atoms with Gasteiger partial charge in [-0.3, -0.25) is 4.79 Å². The minimum atomic E-state index is -0.110. The number of carbonyl (C=O) groups is 1. The number of anilines is 1. The Morgan fingerprint density at radius 1 is 1.47 bits per heavy atom. The molecular formula is C13H20N2O2. The van der Waals surface area contributed by atoms with Gasteiger partial charge in [0, 0.05) is 6.54 Å². The molecule has 1 amide bonds. The van der Waals surface area contributed by atoms with Crippen molar-refractivity contribution in [2.75, 3.05) is 18.9 Å². The predicted octanol–water partition coefficient (Wildman–Crippen LogP) is 1.87. The van der Waals surface area contributed by atoms with Crippen LogP contribution in [0.1, 0.15) is 25.3 Å². The van der Waals surface area contributed by atoms with Gasteiger partial charge in [0.25, 0.3) is 5.91 Å². The first kappa shape index (κ1) is 13.4. The number of hydrogen-bond acceptors (Lipinski definition) is 3. The van der Waals surface area contributed by atoms with Crippen molar-refractivity contribution in [1.29, 1.82) is 0 Å². The van der Waals surface area contributed by atoms with E-state index in [0.29, 0.717) is 18.0 Å². The van der Waals surface area contributed by atoms with Gasteiger partial charge in [0.2, 0.25) is 0 Å². The smallest absolute Gasteiger partial charge is 0.257 e. The molecule has 1 aromatic rings. The molecule has 0 spiro atoms. The highest BCUT2D eigenvalue weighted by Gasteiger charge is 2.06. The third kappa shape index (κ3) is 4.34. The van der Waals surface area contributed by atoms with E-state index in [2.05, 4.69) is 12.2 Å². The Hall–Kier alpha value is -1.71. The number of ether oxygens (including phenoxy) is 1. The van der Waals surface area contributed by atoms with Crippen LogP contribution in [0.3, 0.4) is 0 Å². The molecule has 0 unspecified atom stereocenters. The Morgan fingerprint density at radius 3 is 2.88 bits per heavy atom. The standard InChI is InChI=1S/C13H20N2O2/c1-3-4-8-15-12(16)9-17-13-10(2)6-5-7-11(13)14/h5-7H,3-4,8-9,14H2,1-2H3,(H,15,16). The van der Waals surface area contributed by atoms with Gasteiger partial charge in [-0.25, -0.2) is 0 Å². The van der Waals surface area contributed by atoms with E-state index in [1.54, 1.807) is 6.07 Å². The van der Waals surface area contributed by atoms with Crippen LogP contribution in [0.25, 0.3) is 0 Å². The number of rotatable bonds is 6. The van der Waals surface area contributed by atoms with E-state index in [-0.39, 0.29) is 12.5 Å². The largest absolute Gasteiger partial charge is 0.481 e. The Balaban J connectivity index is 2.42. The summed E-state index contributed by atoms with van der Waals surface area (Å²) in [6.45, 7) is 4.69. The predicted molar refractivity (Wildman–Crippen MR) is 69.0 cm³/mol. The summed E-state index contributed by atoms with van der Waals surface area (Å²) in [5.41, 5.74) is 7.27. The average molecular weight is 236 g/mol. The summed E-state index contributed by atoms with van der Waals surface area (Å²) < 4.78 is 5.42. The van der Waals surface area contributed by atoms with Crippen LogP contribution in [-0.4, -0.2) is 19.1 Å². The van der Waals surface area contributed by atoms with Gasteiger partial charge in [-0.05, 0) is 25.0 Å². The van der Waals surface area contributed by atoms with Gasteiger partial charge in [-0.2, -0.15) is 0 Å². The number of benzene rings is 1. The molecule has 94 valence electrons. The molecule has 0 radical (unpaired) electrons. The number of nitrogens with two attached hydrogens (primary N) is 1. The van der Waals surface area contributed by atoms with Gasteiger partial charge >= 0.3 is 0 Å². The number of para-hydroxylation sites is 1. The first-order chi connectivity index (χ1) is 8.15. The summed E-state index contributed by atoms with van der Waals surface area (Å²) in [5, 5.41) is 2.79. The molecule has 1 aromatic carbocycles. The molecule has 0 aromatic heterocycles. The van der Waals surface area contributed by atoms with Gasteiger partial charge in [0.1, 0.15) is 5.75 Å². The van der Waals surface area contributed by atoms with E-state index in [0.717, 1.165) is 18.4 Å². The first-order valence-electron chi connectivity index (χ1n) is 5.89. The molecule has 0 aliphatic carbocycles. The average Bonchev–Trinajstić information content (AvgIpc) is 2.29. The lowest BCUT2D eigenvalue weighted by molar-refractivity contribution is -0.123. The van der Waals surface area contributed by atoms with Crippen molar-refractivity contribution < 1.29 is 9.53 Å². The first-order valence-corrected chi connectivity index (χ1v) is 5.89. The third-order valence-corrected chi connectivity index (χ3v) is 2.44. The number of carbonyl (C=O) groups excluding carboxylic acids is 1. The summed E-state index contributed by atoms with van der Waals surface area (Å²) >= 11 is 0. The fourth-order valence-electron chi connectivity index (χ4n) is 1.47. The molecule has 0 saturated carbocycles. The number of unbranched alkanes of at least 4 members (excludes halogenated alkanes) is 1. The van der Waals surface area contributed by atoms with Crippen LogP contribution in [0.5, 0.6) is 5.75 Å². The van der Waals surface area contributed by atoms with Crippen LogP contribution >= 0.6 is 0 Å². The van der Waals surface area contributed by atoms with E-state index in [1.807, 2.05) is 19.1 Å². The highest BCUT2D eigenvalue weighted by atomic mass is 16.5.